The van der Waals surface area contributed by atoms with Gasteiger partial charge in [-0.25, -0.2) is 0 Å². The Bertz CT molecular complexity index is 2190. The normalized spacial score (nSPS) is 18.8. The van der Waals surface area contributed by atoms with E-state index in [4.69, 9.17) is 6.58 Å². The SMILES string of the molecule is C=C(/C=C1/CC(c2cccc(C3C=CC=CC3)c2)c2ccccc2C1N(c1cccc(-c2ccccc2)c1)c1ccccc1CC)C(C)(C)C(=C)CC. The van der Waals surface area contributed by atoms with Gasteiger partial charge in [-0.2, -0.15) is 0 Å². The van der Waals surface area contributed by atoms with Crippen LogP contribution in [0.25, 0.3) is 11.1 Å². The third-order valence-electron chi connectivity index (χ3n) is 11.8. The highest BCUT2D eigenvalue weighted by molar-refractivity contribution is 5.76. The molecule has 266 valence electrons. The molecule has 0 fully saturated rings. The van der Waals surface area contributed by atoms with Crippen molar-refractivity contribution < 1.29 is 0 Å². The van der Waals surface area contributed by atoms with E-state index in [2.05, 4.69) is 197 Å². The predicted molar refractivity (Wildman–Crippen MR) is 228 cm³/mol. The van der Waals surface area contributed by atoms with Crippen molar-refractivity contribution in [3.63, 3.8) is 0 Å². The molecule has 0 bridgehead atoms. The second-order valence-electron chi connectivity index (χ2n) is 15.2. The average Bonchev–Trinajstić information content (AvgIpc) is 3.22. The van der Waals surface area contributed by atoms with Crippen molar-refractivity contribution in [2.45, 2.75) is 71.3 Å². The van der Waals surface area contributed by atoms with E-state index in [1.807, 2.05) is 0 Å². The van der Waals surface area contributed by atoms with E-state index in [9.17, 15) is 0 Å². The summed E-state index contributed by atoms with van der Waals surface area (Å²) < 4.78 is 0. The highest BCUT2D eigenvalue weighted by Gasteiger charge is 2.38. The molecule has 5 aromatic carbocycles. The Morgan fingerprint density at radius 3 is 2.19 bits per heavy atom. The third kappa shape index (κ3) is 7.31. The largest absolute Gasteiger partial charge is 0.330 e. The van der Waals surface area contributed by atoms with Gasteiger partial charge < -0.3 is 4.90 Å². The summed E-state index contributed by atoms with van der Waals surface area (Å²) in [6.45, 7) is 18.3. The third-order valence-corrected chi connectivity index (χ3v) is 11.8. The molecule has 3 unspecified atom stereocenters. The molecule has 7 rings (SSSR count). The van der Waals surface area contributed by atoms with Crippen LogP contribution in [0.3, 0.4) is 0 Å². The number of hydrogen-bond acceptors (Lipinski definition) is 1. The zero-order chi connectivity index (χ0) is 37.0. The van der Waals surface area contributed by atoms with Gasteiger partial charge in [-0.1, -0.05) is 186 Å². The molecule has 53 heavy (non-hydrogen) atoms. The van der Waals surface area contributed by atoms with Crippen LogP contribution in [-0.4, -0.2) is 0 Å². The number of anilines is 2. The van der Waals surface area contributed by atoms with Gasteiger partial charge in [0, 0.05) is 28.6 Å². The van der Waals surface area contributed by atoms with Gasteiger partial charge in [-0.15, -0.1) is 0 Å². The van der Waals surface area contributed by atoms with Crippen LogP contribution in [-0.2, 0) is 6.42 Å². The molecule has 0 spiro atoms. The zero-order valence-corrected chi connectivity index (χ0v) is 31.9. The van der Waals surface area contributed by atoms with Crippen molar-refractivity contribution in [1.29, 1.82) is 0 Å². The zero-order valence-electron chi connectivity index (χ0n) is 31.9. The molecule has 0 N–H and O–H groups in total. The first kappa shape index (κ1) is 36.0. The predicted octanol–water partition coefficient (Wildman–Crippen LogP) is 14.4. The second kappa shape index (κ2) is 15.7. The first-order valence-corrected chi connectivity index (χ1v) is 19.4. The van der Waals surface area contributed by atoms with Crippen molar-refractivity contribution in [1.82, 2.24) is 0 Å². The Morgan fingerprint density at radius 2 is 1.43 bits per heavy atom. The molecule has 3 atom stereocenters. The Balaban J connectivity index is 1.46. The fourth-order valence-corrected chi connectivity index (χ4v) is 8.32. The molecular formula is C52H53N. The number of rotatable bonds is 11. The summed E-state index contributed by atoms with van der Waals surface area (Å²) in [6, 6.07) is 47.4. The monoisotopic (exact) mass is 691 g/mol. The highest BCUT2D eigenvalue weighted by Crippen LogP contribution is 2.52. The van der Waals surface area contributed by atoms with Crippen LogP contribution in [0.1, 0.15) is 92.7 Å². The lowest BCUT2D eigenvalue weighted by Crippen LogP contribution is -2.32. The average molecular weight is 692 g/mol. The van der Waals surface area contributed by atoms with Gasteiger partial charge in [0.05, 0.1) is 6.04 Å². The van der Waals surface area contributed by atoms with Crippen LogP contribution in [0.4, 0.5) is 11.4 Å². The molecule has 2 aliphatic carbocycles. The minimum atomic E-state index is -0.237. The van der Waals surface area contributed by atoms with Crippen LogP contribution < -0.4 is 4.90 Å². The van der Waals surface area contributed by atoms with Gasteiger partial charge in [0.15, 0.2) is 0 Å². The summed E-state index contributed by atoms with van der Waals surface area (Å²) >= 11 is 0. The van der Waals surface area contributed by atoms with Gasteiger partial charge in [0.2, 0.25) is 0 Å². The lowest BCUT2D eigenvalue weighted by atomic mass is 9.70. The van der Waals surface area contributed by atoms with Crippen molar-refractivity contribution >= 4 is 11.4 Å². The van der Waals surface area contributed by atoms with Crippen LogP contribution in [0.2, 0.25) is 0 Å². The van der Waals surface area contributed by atoms with Gasteiger partial charge >= 0.3 is 0 Å². The first-order chi connectivity index (χ1) is 25.8. The van der Waals surface area contributed by atoms with Crippen molar-refractivity contribution in [3.8, 4) is 11.1 Å². The standard InChI is InChI=1S/C52H53N/c1-7-37(3)52(5,6)38(4)33-45-36-49(44-28-19-26-42(34-44)40-22-11-9-12-23-40)47-30-16-17-31-48(47)51(45)53(50-32-18-15-21-39(50)8-2)46-29-20-27-43(35-46)41-24-13-10-14-25-41/h9-22,24-35,40,49,51H,3-4,7-8,23,36H2,1-2,5-6H3/b45-33-. The van der Waals surface area contributed by atoms with Gasteiger partial charge in [-0.05, 0) is 94.0 Å². The molecule has 5 aromatic rings. The summed E-state index contributed by atoms with van der Waals surface area (Å²) in [7, 11) is 0. The number of nitrogens with zero attached hydrogens (tertiary/aromatic N) is 1. The summed E-state index contributed by atoms with van der Waals surface area (Å²) in [6.07, 6.45) is 15.2. The number of benzene rings is 5. The summed E-state index contributed by atoms with van der Waals surface area (Å²) in [5.41, 5.74) is 15.1. The minimum Gasteiger partial charge on any atom is -0.330 e. The van der Waals surface area contributed by atoms with Crippen molar-refractivity contribution in [2.24, 2.45) is 5.41 Å². The summed E-state index contributed by atoms with van der Waals surface area (Å²) in [5, 5.41) is 0. The minimum absolute atomic E-state index is 0.0433. The van der Waals surface area contributed by atoms with E-state index in [0.717, 1.165) is 31.3 Å². The van der Waals surface area contributed by atoms with Crippen LogP contribution >= 0.6 is 0 Å². The van der Waals surface area contributed by atoms with E-state index in [1.165, 1.54) is 61.5 Å². The molecule has 0 radical (unpaired) electrons. The second-order valence-corrected chi connectivity index (χ2v) is 15.2. The van der Waals surface area contributed by atoms with Gasteiger partial charge in [0.25, 0.3) is 0 Å². The molecule has 0 aromatic heterocycles. The van der Waals surface area contributed by atoms with Crippen molar-refractivity contribution in [3.05, 3.63) is 215 Å². The Hall–Kier alpha value is -5.40. The van der Waals surface area contributed by atoms with Gasteiger partial charge in [0.1, 0.15) is 0 Å². The smallest absolute Gasteiger partial charge is 0.0811 e. The Kier molecular flexibility index (Phi) is 10.6. The molecule has 1 heteroatoms. The molecule has 0 aliphatic heterocycles. The van der Waals surface area contributed by atoms with Crippen molar-refractivity contribution in [2.75, 3.05) is 4.90 Å². The maximum Gasteiger partial charge on any atom is 0.0811 e. The number of para-hydroxylation sites is 1. The Morgan fingerprint density at radius 1 is 0.736 bits per heavy atom. The lowest BCUT2D eigenvalue weighted by molar-refractivity contribution is 0.534. The number of fused-ring (bicyclic) bond motifs is 1. The van der Waals surface area contributed by atoms with Crippen LogP contribution in [0.5, 0.6) is 0 Å². The topological polar surface area (TPSA) is 3.24 Å². The van der Waals surface area contributed by atoms with E-state index >= 15 is 0 Å². The van der Waals surface area contributed by atoms with E-state index < -0.39 is 0 Å². The first-order valence-electron chi connectivity index (χ1n) is 19.4. The van der Waals surface area contributed by atoms with Crippen LogP contribution in [0, 0.1) is 5.41 Å². The Labute approximate surface area is 318 Å². The quantitative estimate of drug-likeness (QED) is 0.125. The number of aryl methyl sites for hydroxylation is 1. The molecule has 2 aliphatic rings. The molecule has 0 saturated heterocycles. The number of allylic oxidation sites excluding steroid dienone is 7. The molecule has 0 heterocycles. The van der Waals surface area contributed by atoms with Gasteiger partial charge in [-0.3, -0.25) is 0 Å². The molecular weight excluding hydrogens is 639 g/mol. The van der Waals surface area contributed by atoms with Crippen LogP contribution in [0.15, 0.2) is 188 Å². The fourth-order valence-electron chi connectivity index (χ4n) is 8.32. The maximum atomic E-state index is 4.78. The maximum absolute atomic E-state index is 4.78. The fraction of sp³-hybridized carbons (Fsp3) is 0.231. The number of hydrogen-bond donors (Lipinski definition) is 0. The summed E-state index contributed by atoms with van der Waals surface area (Å²) in [5.74, 6) is 0.612. The summed E-state index contributed by atoms with van der Waals surface area (Å²) in [4.78, 5) is 2.62. The van der Waals surface area contributed by atoms with E-state index in [0.29, 0.717) is 5.92 Å². The van der Waals surface area contributed by atoms with E-state index in [-0.39, 0.29) is 17.4 Å². The van der Waals surface area contributed by atoms with E-state index in [1.54, 1.807) is 0 Å². The molecule has 0 saturated carbocycles. The molecule has 1 nitrogen and oxygen atoms in total. The molecule has 0 amide bonds. The highest BCUT2D eigenvalue weighted by atomic mass is 15.2. The lowest BCUT2D eigenvalue weighted by Gasteiger charge is -2.43.